The topological polar surface area (TPSA) is 17.1 Å². The van der Waals surface area contributed by atoms with Crippen LogP contribution in [0.2, 0.25) is 0 Å². The summed E-state index contributed by atoms with van der Waals surface area (Å²) in [6.07, 6.45) is 0. The summed E-state index contributed by atoms with van der Waals surface area (Å²) in [7, 11) is 0. The second-order valence-electron chi connectivity index (χ2n) is 3.55. The van der Waals surface area contributed by atoms with E-state index in [0.29, 0.717) is 0 Å². The smallest absolute Gasteiger partial charge is 0.139 e. The highest BCUT2D eigenvalue weighted by Crippen LogP contribution is 2.23. The van der Waals surface area contributed by atoms with Gasteiger partial charge in [-0.25, -0.2) is 0 Å². The zero-order chi connectivity index (χ0) is 13.2. The molecule has 0 saturated carbocycles. The van der Waals surface area contributed by atoms with Crippen molar-refractivity contribution in [1.82, 2.24) is 0 Å². The number of hydrogen-bond donors (Lipinski definition) is 0. The molecule has 0 amide bonds. The van der Waals surface area contributed by atoms with E-state index in [2.05, 4.69) is 0 Å². The lowest BCUT2D eigenvalue weighted by molar-refractivity contribution is -0.121. The van der Waals surface area contributed by atoms with Gasteiger partial charge in [0.1, 0.15) is 5.78 Å². The number of benzene rings is 1. The lowest BCUT2D eigenvalue weighted by Gasteiger charge is -2.21. The van der Waals surface area contributed by atoms with Crippen LogP contribution < -0.4 is 0 Å². The molecule has 92 valence electrons. The van der Waals surface area contributed by atoms with E-state index in [9.17, 15) is 4.79 Å². The lowest BCUT2D eigenvalue weighted by Crippen LogP contribution is -2.26. The predicted octanol–water partition coefficient (Wildman–Crippen LogP) is 4.61. The Kier molecular flexibility index (Phi) is 9.88. The van der Waals surface area contributed by atoms with Crippen LogP contribution in [0, 0.1) is 0 Å². The molecule has 0 heterocycles. The van der Waals surface area contributed by atoms with E-state index in [1.807, 2.05) is 71.9 Å². The van der Waals surface area contributed by atoms with Crippen LogP contribution in [-0.2, 0) is 10.2 Å². The van der Waals surface area contributed by atoms with Gasteiger partial charge in [-0.1, -0.05) is 58.0 Å². The van der Waals surface area contributed by atoms with E-state index in [1.54, 1.807) is 6.92 Å². The average molecular weight is 222 g/mol. The molecule has 0 spiro atoms. The standard InChI is InChI=1S/C11H14O.2C2H6/c1-9(12)11(2,3)10-7-5-4-6-8-10;2*1-2/h4-8H,1-3H3;2*1-2H3. The molecule has 1 heteroatoms. The van der Waals surface area contributed by atoms with Gasteiger partial charge >= 0.3 is 0 Å². The Hall–Kier alpha value is -1.11. The van der Waals surface area contributed by atoms with Crippen LogP contribution in [0.25, 0.3) is 0 Å². The van der Waals surface area contributed by atoms with Gasteiger partial charge in [0.25, 0.3) is 0 Å². The summed E-state index contributed by atoms with van der Waals surface area (Å²) in [5.74, 6) is 0.203. The highest BCUT2D eigenvalue weighted by atomic mass is 16.1. The van der Waals surface area contributed by atoms with E-state index in [1.165, 1.54) is 0 Å². The van der Waals surface area contributed by atoms with E-state index < -0.39 is 0 Å². The fourth-order valence-electron chi connectivity index (χ4n) is 1.06. The van der Waals surface area contributed by atoms with Crippen molar-refractivity contribution >= 4 is 5.78 Å². The summed E-state index contributed by atoms with van der Waals surface area (Å²) in [6, 6.07) is 9.85. The maximum Gasteiger partial charge on any atom is 0.139 e. The Morgan fingerprint density at radius 2 is 1.31 bits per heavy atom. The van der Waals surface area contributed by atoms with Crippen LogP contribution in [0.3, 0.4) is 0 Å². The largest absolute Gasteiger partial charge is 0.299 e. The van der Waals surface area contributed by atoms with E-state index in [0.717, 1.165) is 5.56 Å². The minimum absolute atomic E-state index is 0.203. The van der Waals surface area contributed by atoms with Gasteiger partial charge in [0.15, 0.2) is 0 Å². The summed E-state index contributed by atoms with van der Waals surface area (Å²) in [5, 5.41) is 0. The van der Waals surface area contributed by atoms with Gasteiger partial charge in [-0.2, -0.15) is 0 Å². The van der Waals surface area contributed by atoms with Crippen molar-refractivity contribution in [1.29, 1.82) is 0 Å². The first-order valence-corrected chi connectivity index (χ1v) is 6.11. The Labute approximate surface area is 101 Å². The van der Waals surface area contributed by atoms with Gasteiger partial charge in [0, 0.05) is 5.41 Å². The van der Waals surface area contributed by atoms with E-state index in [4.69, 9.17) is 0 Å². The van der Waals surface area contributed by atoms with Crippen LogP contribution in [0.5, 0.6) is 0 Å². The minimum atomic E-state index is -0.346. The zero-order valence-corrected chi connectivity index (χ0v) is 11.8. The van der Waals surface area contributed by atoms with Crippen LogP contribution in [0.15, 0.2) is 30.3 Å². The third-order valence-corrected chi connectivity index (χ3v) is 2.38. The van der Waals surface area contributed by atoms with Crippen molar-refractivity contribution in [3.05, 3.63) is 35.9 Å². The number of Topliss-reactive ketones (excluding diaryl/α,β-unsaturated/α-hetero) is 1. The molecular formula is C15H26O. The molecule has 16 heavy (non-hydrogen) atoms. The molecule has 1 aromatic rings. The Morgan fingerprint density at radius 3 is 1.62 bits per heavy atom. The molecule has 0 fully saturated rings. The molecule has 0 radical (unpaired) electrons. The van der Waals surface area contributed by atoms with Gasteiger partial charge in [-0.05, 0) is 26.3 Å². The van der Waals surface area contributed by atoms with E-state index in [-0.39, 0.29) is 11.2 Å². The molecule has 0 N–H and O–H groups in total. The van der Waals surface area contributed by atoms with Crippen LogP contribution >= 0.6 is 0 Å². The monoisotopic (exact) mass is 222 g/mol. The summed E-state index contributed by atoms with van der Waals surface area (Å²) >= 11 is 0. The Morgan fingerprint density at radius 1 is 0.938 bits per heavy atom. The number of rotatable bonds is 2. The first-order chi connectivity index (χ1) is 7.55. The SMILES string of the molecule is CC.CC.CC(=O)C(C)(C)c1ccccc1. The number of ketones is 1. The molecule has 1 rings (SSSR count). The normalized spacial score (nSPS) is 9.19. The van der Waals surface area contributed by atoms with Gasteiger partial charge in [0.2, 0.25) is 0 Å². The molecule has 0 aliphatic carbocycles. The minimum Gasteiger partial charge on any atom is -0.299 e. The Balaban J connectivity index is 0. The molecule has 0 saturated heterocycles. The van der Waals surface area contributed by atoms with Crippen molar-refractivity contribution in [2.24, 2.45) is 0 Å². The van der Waals surface area contributed by atoms with Gasteiger partial charge < -0.3 is 0 Å². The van der Waals surface area contributed by atoms with Crippen LogP contribution in [0.4, 0.5) is 0 Å². The lowest BCUT2D eigenvalue weighted by atomic mass is 9.81. The molecule has 0 aliphatic rings. The maximum atomic E-state index is 11.3. The molecule has 0 atom stereocenters. The van der Waals surface area contributed by atoms with Gasteiger partial charge in [-0.3, -0.25) is 4.79 Å². The third kappa shape index (κ3) is 5.11. The first kappa shape index (κ1) is 17.3. The second kappa shape index (κ2) is 9.14. The van der Waals surface area contributed by atoms with Gasteiger partial charge in [0.05, 0.1) is 0 Å². The summed E-state index contributed by atoms with van der Waals surface area (Å²) in [5.41, 5.74) is 0.735. The second-order valence-corrected chi connectivity index (χ2v) is 3.55. The Bertz CT molecular complexity index is 273. The molecule has 0 aliphatic heterocycles. The average Bonchev–Trinajstić information content (AvgIpc) is 2.35. The maximum absolute atomic E-state index is 11.3. The van der Waals surface area contributed by atoms with Crippen molar-refractivity contribution < 1.29 is 4.79 Å². The fourth-order valence-corrected chi connectivity index (χ4v) is 1.06. The van der Waals surface area contributed by atoms with Crippen LogP contribution in [-0.4, -0.2) is 5.78 Å². The van der Waals surface area contributed by atoms with Crippen LogP contribution in [0.1, 0.15) is 54.0 Å². The van der Waals surface area contributed by atoms with Gasteiger partial charge in [-0.15, -0.1) is 0 Å². The fraction of sp³-hybridized carbons (Fsp3) is 0.533. The number of carbonyl (C=O) groups is 1. The molecular weight excluding hydrogens is 196 g/mol. The zero-order valence-electron chi connectivity index (χ0n) is 11.8. The predicted molar refractivity (Wildman–Crippen MR) is 72.8 cm³/mol. The highest BCUT2D eigenvalue weighted by Gasteiger charge is 2.25. The molecule has 0 aromatic heterocycles. The number of carbonyl (C=O) groups excluding carboxylic acids is 1. The highest BCUT2D eigenvalue weighted by molar-refractivity contribution is 5.86. The summed E-state index contributed by atoms with van der Waals surface area (Å²) < 4.78 is 0. The number of hydrogen-bond acceptors (Lipinski definition) is 1. The van der Waals surface area contributed by atoms with Crippen molar-refractivity contribution in [3.8, 4) is 0 Å². The molecule has 1 nitrogen and oxygen atoms in total. The first-order valence-electron chi connectivity index (χ1n) is 6.11. The molecule has 0 unspecified atom stereocenters. The molecule has 1 aromatic carbocycles. The van der Waals surface area contributed by atoms with E-state index >= 15 is 0 Å². The third-order valence-electron chi connectivity index (χ3n) is 2.38. The summed E-state index contributed by atoms with van der Waals surface area (Å²) in [4.78, 5) is 11.3. The van der Waals surface area contributed by atoms with Crippen molar-refractivity contribution in [2.75, 3.05) is 0 Å². The van der Waals surface area contributed by atoms with Crippen molar-refractivity contribution in [3.63, 3.8) is 0 Å². The molecule has 0 bridgehead atoms. The summed E-state index contributed by atoms with van der Waals surface area (Å²) in [6.45, 7) is 13.5. The quantitative estimate of drug-likeness (QED) is 0.714. The van der Waals surface area contributed by atoms with Crippen molar-refractivity contribution in [2.45, 2.75) is 53.9 Å².